The predicted molar refractivity (Wildman–Crippen MR) is 88.2 cm³/mol. The minimum Gasteiger partial charge on any atom is -0.508 e. The third-order valence-corrected chi connectivity index (χ3v) is 3.35. The quantitative estimate of drug-likeness (QED) is 0.676. The van der Waals surface area contributed by atoms with Crippen molar-refractivity contribution in [2.45, 2.75) is 0 Å². The van der Waals surface area contributed by atoms with Gasteiger partial charge in [0, 0.05) is 24.7 Å². The first kappa shape index (κ1) is 14.2. The summed E-state index contributed by atoms with van der Waals surface area (Å²) in [6, 6.07) is 17.1. The van der Waals surface area contributed by atoms with Crippen molar-refractivity contribution in [3.05, 3.63) is 60.8 Å². The summed E-state index contributed by atoms with van der Waals surface area (Å²) in [6.07, 6.45) is 1.78. The molecule has 0 fully saturated rings. The minimum absolute atomic E-state index is 0.212. The van der Waals surface area contributed by atoms with Crippen molar-refractivity contribution in [3.8, 4) is 22.7 Å². The maximum atomic E-state index is 9.71. The predicted octanol–water partition coefficient (Wildman–Crippen LogP) is 2.62. The van der Waals surface area contributed by atoms with E-state index in [0.29, 0.717) is 13.1 Å². The summed E-state index contributed by atoms with van der Waals surface area (Å²) >= 11 is 0. The van der Waals surface area contributed by atoms with Crippen molar-refractivity contribution in [1.82, 2.24) is 9.78 Å². The van der Waals surface area contributed by atoms with E-state index in [0.717, 1.165) is 22.6 Å². The number of nitrogens with two attached hydrogens (primary N) is 1. The van der Waals surface area contributed by atoms with Gasteiger partial charge in [-0.1, -0.05) is 36.4 Å². The molecule has 22 heavy (non-hydrogen) atoms. The molecular weight excluding hydrogens is 276 g/mol. The van der Waals surface area contributed by atoms with Crippen molar-refractivity contribution in [3.63, 3.8) is 0 Å². The molecule has 0 saturated carbocycles. The molecule has 0 unspecified atom stereocenters. The standard InChI is InChI=1S/C17H18N4O/c18-9-10-19-16-12-20-21(14-7-4-8-15(22)11-14)17(16)13-5-2-1-3-6-13/h1-8,11-12,19,22H,9-10,18H2. The summed E-state index contributed by atoms with van der Waals surface area (Å²) in [6.45, 7) is 1.22. The summed E-state index contributed by atoms with van der Waals surface area (Å²) in [5, 5.41) is 17.5. The van der Waals surface area contributed by atoms with Gasteiger partial charge in [0.15, 0.2) is 0 Å². The molecule has 5 nitrogen and oxygen atoms in total. The average Bonchev–Trinajstić information content (AvgIpc) is 2.97. The Balaban J connectivity index is 2.12. The molecule has 0 aliphatic heterocycles. The number of nitrogens with zero attached hydrogens (tertiary/aromatic N) is 2. The van der Waals surface area contributed by atoms with Crippen LogP contribution >= 0.6 is 0 Å². The summed E-state index contributed by atoms with van der Waals surface area (Å²) < 4.78 is 1.81. The minimum atomic E-state index is 0.212. The zero-order valence-electron chi connectivity index (χ0n) is 12.1. The zero-order chi connectivity index (χ0) is 15.4. The second-order valence-corrected chi connectivity index (χ2v) is 4.92. The Morgan fingerprint density at radius 2 is 1.91 bits per heavy atom. The molecule has 0 aliphatic carbocycles. The molecule has 0 saturated heterocycles. The molecule has 112 valence electrons. The highest BCUT2D eigenvalue weighted by molar-refractivity contribution is 5.76. The number of rotatable bonds is 5. The Hall–Kier alpha value is -2.79. The topological polar surface area (TPSA) is 76.1 Å². The van der Waals surface area contributed by atoms with Gasteiger partial charge in [-0.05, 0) is 12.1 Å². The van der Waals surface area contributed by atoms with E-state index in [4.69, 9.17) is 5.73 Å². The van der Waals surface area contributed by atoms with E-state index < -0.39 is 0 Å². The van der Waals surface area contributed by atoms with Crippen LogP contribution < -0.4 is 11.1 Å². The largest absolute Gasteiger partial charge is 0.508 e. The highest BCUT2D eigenvalue weighted by Gasteiger charge is 2.14. The van der Waals surface area contributed by atoms with Gasteiger partial charge in [0.05, 0.1) is 23.3 Å². The van der Waals surface area contributed by atoms with Crippen LogP contribution in [0.5, 0.6) is 5.75 Å². The Kier molecular flexibility index (Phi) is 4.07. The normalized spacial score (nSPS) is 10.6. The van der Waals surface area contributed by atoms with Gasteiger partial charge in [-0.15, -0.1) is 0 Å². The van der Waals surface area contributed by atoms with Gasteiger partial charge in [0.1, 0.15) is 5.75 Å². The number of benzene rings is 2. The number of anilines is 1. The molecule has 3 rings (SSSR count). The molecule has 1 aromatic heterocycles. The Morgan fingerprint density at radius 1 is 1.09 bits per heavy atom. The zero-order valence-corrected chi connectivity index (χ0v) is 12.1. The first-order valence-electron chi connectivity index (χ1n) is 7.16. The first-order valence-corrected chi connectivity index (χ1v) is 7.16. The highest BCUT2D eigenvalue weighted by atomic mass is 16.3. The molecular formula is C17H18N4O. The summed E-state index contributed by atoms with van der Waals surface area (Å²) in [7, 11) is 0. The lowest BCUT2D eigenvalue weighted by molar-refractivity contribution is 0.475. The fraction of sp³-hybridized carbons (Fsp3) is 0.118. The highest BCUT2D eigenvalue weighted by Crippen LogP contribution is 2.30. The van der Waals surface area contributed by atoms with Crippen LogP contribution in [0.4, 0.5) is 5.69 Å². The molecule has 2 aromatic carbocycles. The Labute approximate surface area is 129 Å². The van der Waals surface area contributed by atoms with Crippen molar-refractivity contribution < 1.29 is 5.11 Å². The molecule has 0 aliphatic rings. The Bertz CT molecular complexity index is 752. The van der Waals surface area contributed by atoms with Gasteiger partial charge < -0.3 is 16.2 Å². The molecule has 5 heteroatoms. The van der Waals surface area contributed by atoms with Crippen LogP contribution in [0, 0.1) is 0 Å². The van der Waals surface area contributed by atoms with E-state index >= 15 is 0 Å². The van der Waals surface area contributed by atoms with Crippen LogP contribution in [0.25, 0.3) is 16.9 Å². The lowest BCUT2D eigenvalue weighted by Gasteiger charge is -2.11. The second-order valence-electron chi connectivity index (χ2n) is 4.92. The molecule has 4 N–H and O–H groups in total. The van der Waals surface area contributed by atoms with Crippen molar-refractivity contribution >= 4 is 5.69 Å². The maximum absolute atomic E-state index is 9.71. The van der Waals surface area contributed by atoms with Crippen LogP contribution in [0.15, 0.2) is 60.8 Å². The monoisotopic (exact) mass is 294 g/mol. The molecule has 0 amide bonds. The summed E-state index contributed by atoms with van der Waals surface area (Å²) in [4.78, 5) is 0. The lowest BCUT2D eigenvalue weighted by Crippen LogP contribution is -2.13. The fourth-order valence-electron chi connectivity index (χ4n) is 2.38. The number of phenols is 1. The van der Waals surface area contributed by atoms with Crippen LogP contribution in [-0.4, -0.2) is 28.0 Å². The lowest BCUT2D eigenvalue weighted by atomic mass is 10.1. The van der Waals surface area contributed by atoms with Crippen LogP contribution in [0.3, 0.4) is 0 Å². The van der Waals surface area contributed by atoms with Gasteiger partial charge in [-0.2, -0.15) is 5.10 Å². The van der Waals surface area contributed by atoms with Gasteiger partial charge in [0.2, 0.25) is 0 Å². The number of aromatic nitrogens is 2. The maximum Gasteiger partial charge on any atom is 0.117 e. The van der Waals surface area contributed by atoms with Crippen molar-refractivity contribution in [1.29, 1.82) is 0 Å². The molecule has 0 bridgehead atoms. The van der Waals surface area contributed by atoms with Crippen molar-refractivity contribution in [2.75, 3.05) is 18.4 Å². The fourth-order valence-corrected chi connectivity index (χ4v) is 2.38. The van der Waals surface area contributed by atoms with Gasteiger partial charge in [-0.25, -0.2) is 4.68 Å². The third kappa shape index (κ3) is 2.80. The Morgan fingerprint density at radius 3 is 2.64 bits per heavy atom. The van der Waals surface area contributed by atoms with Crippen LogP contribution in [0.2, 0.25) is 0 Å². The number of hydrogen-bond donors (Lipinski definition) is 3. The number of nitrogens with one attached hydrogen (secondary N) is 1. The molecule has 0 atom stereocenters. The molecule has 3 aromatic rings. The van der Waals surface area contributed by atoms with E-state index in [9.17, 15) is 5.11 Å². The van der Waals surface area contributed by atoms with Gasteiger partial charge >= 0.3 is 0 Å². The molecule has 0 radical (unpaired) electrons. The van der Waals surface area contributed by atoms with Gasteiger partial charge in [-0.3, -0.25) is 0 Å². The third-order valence-electron chi connectivity index (χ3n) is 3.35. The number of hydrogen-bond acceptors (Lipinski definition) is 4. The number of phenolic OH excluding ortho intramolecular Hbond substituents is 1. The first-order chi connectivity index (χ1) is 10.8. The van der Waals surface area contributed by atoms with Crippen LogP contribution in [-0.2, 0) is 0 Å². The summed E-state index contributed by atoms with van der Waals surface area (Å²) in [5.41, 5.74) is 9.29. The number of aromatic hydroxyl groups is 1. The van der Waals surface area contributed by atoms with E-state index in [1.807, 2.05) is 41.1 Å². The average molecular weight is 294 g/mol. The molecule has 1 heterocycles. The van der Waals surface area contributed by atoms with E-state index in [1.165, 1.54) is 0 Å². The smallest absolute Gasteiger partial charge is 0.117 e. The van der Waals surface area contributed by atoms with E-state index in [-0.39, 0.29) is 5.75 Å². The van der Waals surface area contributed by atoms with E-state index in [1.54, 1.807) is 24.4 Å². The van der Waals surface area contributed by atoms with Crippen LogP contribution in [0.1, 0.15) is 0 Å². The van der Waals surface area contributed by atoms with Gasteiger partial charge in [0.25, 0.3) is 0 Å². The SMILES string of the molecule is NCCNc1cnn(-c2cccc(O)c2)c1-c1ccccc1. The molecule has 0 spiro atoms. The van der Waals surface area contributed by atoms with E-state index in [2.05, 4.69) is 10.4 Å². The van der Waals surface area contributed by atoms with Crippen molar-refractivity contribution in [2.24, 2.45) is 5.73 Å². The summed E-state index contributed by atoms with van der Waals surface area (Å²) in [5.74, 6) is 0.212. The second kappa shape index (κ2) is 6.32.